The number of benzene rings is 1. The van der Waals surface area contributed by atoms with Crippen LogP contribution in [0.15, 0.2) is 24.3 Å². The monoisotopic (exact) mass is 338 g/mol. The van der Waals surface area contributed by atoms with Gasteiger partial charge in [-0.3, -0.25) is 0 Å². The normalized spacial score (nSPS) is 9.79. The Morgan fingerprint density at radius 3 is 1.96 bits per heavy atom. The molecule has 0 heterocycles. The minimum atomic E-state index is -1.11. The first kappa shape index (κ1) is 22.1. The van der Waals surface area contributed by atoms with Gasteiger partial charge >= 0.3 is 11.9 Å². The van der Waals surface area contributed by atoms with E-state index in [0.29, 0.717) is 6.61 Å². The lowest BCUT2D eigenvalue weighted by molar-refractivity contribution is 0.0487. The molecule has 24 heavy (non-hydrogen) atoms. The Hall–Kier alpha value is -1.88. The molecule has 0 fully saturated rings. The van der Waals surface area contributed by atoms with Crippen molar-refractivity contribution in [2.24, 2.45) is 0 Å². The number of rotatable bonds is 10. The molecule has 0 aliphatic carbocycles. The molecule has 0 bridgehead atoms. The summed E-state index contributed by atoms with van der Waals surface area (Å²) in [5.41, 5.74) is 0.106. The lowest BCUT2D eigenvalue weighted by Gasteiger charge is -2.07. The number of esters is 1. The Bertz CT molecular complexity index is 471. The smallest absolute Gasteiger partial charge is 0.339 e. The number of hydrogen-bond acceptors (Lipinski definition) is 4. The number of aliphatic hydroxyl groups is 1. The van der Waals surface area contributed by atoms with Crippen molar-refractivity contribution in [2.75, 3.05) is 13.2 Å². The summed E-state index contributed by atoms with van der Waals surface area (Å²) in [6, 6.07) is 6.12. The fourth-order valence-electron chi connectivity index (χ4n) is 2.15. The van der Waals surface area contributed by atoms with Gasteiger partial charge in [-0.1, -0.05) is 57.6 Å². The van der Waals surface area contributed by atoms with Crippen LogP contribution in [0.2, 0.25) is 0 Å². The second-order valence-corrected chi connectivity index (χ2v) is 5.42. The highest BCUT2D eigenvalue weighted by atomic mass is 16.5. The zero-order valence-electron chi connectivity index (χ0n) is 14.8. The molecule has 1 rings (SSSR count). The molecule has 1 aromatic carbocycles. The van der Waals surface area contributed by atoms with Gasteiger partial charge in [-0.05, 0) is 25.5 Å². The maximum absolute atomic E-state index is 11.9. The Morgan fingerprint density at radius 2 is 1.42 bits per heavy atom. The number of unbranched alkanes of at least 4 members (excludes halogenated alkanes) is 6. The van der Waals surface area contributed by atoms with Crippen molar-refractivity contribution >= 4 is 11.9 Å². The third-order valence-corrected chi connectivity index (χ3v) is 3.36. The average Bonchev–Trinajstić information content (AvgIpc) is 2.57. The second kappa shape index (κ2) is 14.7. The molecule has 0 spiro atoms. The van der Waals surface area contributed by atoms with Gasteiger partial charge in [-0.25, -0.2) is 9.59 Å². The molecule has 0 radical (unpaired) electrons. The third kappa shape index (κ3) is 10.0. The standard InChI is InChI=1S/C17H24O4.C2H6O/c1-2-3-4-5-6-7-10-13-21-17(20)15-12-9-8-11-14(15)16(18)19;1-2-3/h8-9,11-12H,2-7,10,13H2,1H3,(H,18,19);3H,2H2,1H3. The number of carboxylic acid groups (broad SMARTS) is 1. The molecule has 136 valence electrons. The minimum Gasteiger partial charge on any atom is -0.478 e. The predicted molar refractivity (Wildman–Crippen MR) is 94.4 cm³/mol. The van der Waals surface area contributed by atoms with Crippen LogP contribution < -0.4 is 0 Å². The zero-order valence-corrected chi connectivity index (χ0v) is 14.8. The van der Waals surface area contributed by atoms with E-state index < -0.39 is 11.9 Å². The minimum absolute atomic E-state index is 0.0120. The van der Waals surface area contributed by atoms with Crippen molar-refractivity contribution in [3.63, 3.8) is 0 Å². The van der Waals surface area contributed by atoms with E-state index in [9.17, 15) is 9.59 Å². The maximum atomic E-state index is 11.9. The molecule has 0 atom stereocenters. The Labute approximate surface area is 144 Å². The van der Waals surface area contributed by atoms with E-state index in [0.717, 1.165) is 19.3 Å². The summed E-state index contributed by atoms with van der Waals surface area (Å²) < 4.78 is 5.14. The van der Waals surface area contributed by atoms with Crippen LogP contribution in [0.3, 0.4) is 0 Å². The first-order chi connectivity index (χ1) is 11.6. The third-order valence-electron chi connectivity index (χ3n) is 3.36. The van der Waals surface area contributed by atoms with Crippen LogP contribution in [0.1, 0.15) is 79.5 Å². The molecular weight excluding hydrogens is 308 g/mol. The van der Waals surface area contributed by atoms with Crippen molar-refractivity contribution < 1.29 is 24.5 Å². The van der Waals surface area contributed by atoms with Crippen LogP contribution in [0.5, 0.6) is 0 Å². The van der Waals surface area contributed by atoms with Crippen molar-refractivity contribution in [3.8, 4) is 0 Å². The molecule has 0 aromatic heterocycles. The van der Waals surface area contributed by atoms with Crippen LogP contribution in [-0.2, 0) is 4.74 Å². The van der Waals surface area contributed by atoms with E-state index in [4.69, 9.17) is 14.9 Å². The summed E-state index contributed by atoms with van der Waals surface area (Å²) in [4.78, 5) is 22.9. The van der Waals surface area contributed by atoms with Crippen LogP contribution in [0.4, 0.5) is 0 Å². The molecule has 0 unspecified atom stereocenters. The first-order valence-electron chi connectivity index (χ1n) is 8.68. The molecule has 5 nitrogen and oxygen atoms in total. The van der Waals surface area contributed by atoms with E-state index in [-0.39, 0.29) is 17.7 Å². The van der Waals surface area contributed by atoms with Crippen LogP contribution >= 0.6 is 0 Å². The van der Waals surface area contributed by atoms with Crippen LogP contribution in [-0.4, -0.2) is 35.4 Å². The highest BCUT2D eigenvalue weighted by molar-refractivity contribution is 6.02. The molecule has 0 aliphatic rings. The van der Waals surface area contributed by atoms with E-state index in [1.807, 2.05) is 0 Å². The van der Waals surface area contributed by atoms with Gasteiger partial charge in [0.25, 0.3) is 0 Å². The van der Waals surface area contributed by atoms with E-state index in [1.165, 1.54) is 37.8 Å². The summed E-state index contributed by atoms with van der Waals surface area (Å²) in [5, 5.41) is 16.6. The van der Waals surface area contributed by atoms with Gasteiger partial charge < -0.3 is 14.9 Å². The summed E-state index contributed by atoms with van der Waals surface area (Å²) in [5.74, 6) is -1.67. The molecule has 0 aliphatic heterocycles. The second-order valence-electron chi connectivity index (χ2n) is 5.42. The fourth-order valence-corrected chi connectivity index (χ4v) is 2.15. The summed E-state index contributed by atoms with van der Waals surface area (Å²) in [6.45, 7) is 4.47. The maximum Gasteiger partial charge on any atom is 0.339 e. The highest BCUT2D eigenvalue weighted by Crippen LogP contribution is 2.11. The van der Waals surface area contributed by atoms with Gasteiger partial charge in [0, 0.05) is 6.61 Å². The molecule has 0 saturated carbocycles. The Morgan fingerprint density at radius 1 is 0.917 bits per heavy atom. The number of hydrogen-bond donors (Lipinski definition) is 2. The number of ether oxygens (including phenoxy) is 1. The molecule has 2 N–H and O–H groups in total. The van der Waals surface area contributed by atoms with Crippen molar-refractivity contribution in [2.45, 2.75) is 58.8 Å². The predicted octanol–water partition coefficient (Wildman–Crippen LogP) is 4.29. The summed E-state index contributed by atoms with van der Waals surface area (Å²) in [7, 11) is 0. The number of aliphatic hydroxyl groups excluding tert-OH is 1. The number of aromatic carboxylic acids is 1. The van der Waals surface area contributed by atoms with Gasteiger partial charge in [0.15, 0.2) is 0 Å². The topological polar surface area (TPSA) is 83.8 Å². The zero-order chi connectivity index (χ0) is 18.2. The highest BCUT2D eigenvalue weighted by Gasteiger charge is 2.16. The Balaban J connectivity index is 0.00000163. The van der Waals surface area contributed by atoms with Gasteiger partial charge in [0.2, 0.25) is 0 Å². The number of carbonyl (C=O) groups excluding carboxylic acids is 1. The summed E-state index contributed by atoms with van der Waals surface area (Å²) >= 11 is 0. The number of carboxylic acids is 1. The van der Waals surface area contributed by atoms with Gasteiger partial charge in [0.1, 0.15) is 0 Å². The average molecular weight is 338 g/mol. The molecular formula is C19H30O5. The van der Waals surface area contributed by atoms with Crippen LogP contribution in [0.25, 0.3) is 0 Å². The van der Waals surface area contributed by atoms with Gasteiger partial charge in [0.05, 0.1) is 17.7 Å². The first-order valence-corrected chi connectivity index (χ1v) is 8.68. The Kier molecular flexibility index (Phi) is 13.5. The van der Waals surface area contributed by atoms with Gasteiger partial charge in [-0.15, -0.1) is 0 Å². The lowest BCUT2D eigenvalue weighted by Crippen LogP contribution is -2.12. The van der Waals surface area contributed by atoms with E-state index in [2.05, 4.69) is 6.92 Å². The molecule has 1 aromatic rings. The molecule has 5 heteroatoms. The van der Waals surface area contributed by atoms with Crippen LogP contribution in [0, 0.1) is 0 Å². The molecule has 0 saturated heterocycles. The lowest BCUT2D eigenvalue weighted by atomic mass is 10.1. The quantitative estimate of drug-likeness (QED) is 0.491. The fraction of sp³-hybridized carbons (Fsp3) is 0.579. The SMILES string of the molecule is CCCCCCCCCOC(=O)c1ccccc1C(=O)O.CCO. The largest absolute Gasteiger partial charge is 0.478 e. The van der Waals surface area contributed by atoms with Crippen molar-refractivity contribution in [1.82, 2.24) is 0 Å². The van der Waals surface area contributed by atoms with Crippen molar-refractivity contribution in [1.29, 1.82) is 0 Å². The van der Waals surface area contributed by atoms with E-state index >= 15 is 0 Å². The van der Waals surface area contributed by atoms with Gasteiger partial charge in [-0.2, -0.15) is 0 Å². The number of carbonyl (C=O) groups is 2. The summed E-state index contributed by atoms with van der Waals surface area (Å²) in [6.07, 6.45) is 8.03. The van der Waals surface area contributed by atoms with E-state index in [1.54, 1.807) is 19.1 Å². The molecule has 0 amide bonds. The van der Waals surface area contributed by atoms with Crippen molar-refractivity contribution in [3.05, 3.63) is 35.4 Å².